The molecule has 2 amide bonds. The lowest BCUT2D eigenvalue weighted by Crippen LogP contribution is -2.56. The van der Waals surface area contributed by atoms with Gasteiger partial charge < -0.3 is 5.11 Å². The smallest absolute Gasteiger partial charge is 0.243 e. The number of aliphatic hydroxyl groups is 1. The fourth-order valence-corrected chi connectivity index (χ4v) is 2.11. The van der Waals surface area contributed by atoms with Gasteiger partial charge in [-0.15, -0.1) is 0 Å². The highest BCUT2D eigenvalue weighted by Gasteiger charge is 2.29. The summed E-state index contributed by atoms with van der Waals surface area (Å²) in [5.74, 6) is 5.31. The summed E-state index contributed by atoms with van der Waals surface area (Å²) in [6.45, 7) is 2.63. The number of carbonyl (C=O) groups is 2. The van der Waals surface area contributed by atoms with Crippen molar-refractivity contribution in [2.75, 3.05) is 13.2 Å². The average molecular weight is 286 g/mol. The fraction of sp³-hybridized carbons (Fsp3) is 0.375. The molecule has 2 N–H and O–H groups in total. The van der Waals surface area contributed by atoms with Gasteiger partial charge in [-0.05, 0) is 24.6 Å². The predicted molar refractivity (Wildman–Crippen MR) is 78.0 cm³/mol. The third kappa shape index (κ3) is 4.15. The normalized spacial score (nSPS) is 18.9. The van der Waals surface area contributed by atoms with Crippen LogP contribution in [0.5, 0.6) is 0 Å². The summed E-state index contributed by atoms with van der Waals surface area (Å²) >= 11 is 0. The van der Waals surface area contributed by atoms with Gasteiger partial charge in [0.2, 0.25) is 11.8 Å². The molecule has 0 aliphatic carbocycles. The van der Waals surface area contributed by atoms with Crippen molar-refractivity contribution in [2.24, 2.45) is 0 Å². The zero-order valence-electron chi connectivity index (χ0n) is 11.9. The van der Waals surface area contributed by atoms with Gasteiger partial charge in [-0.3, -0.25) is 19.8 Å². The van der Waals surface area contributed by atoms with Crippen molar-refractivity contribution >= 4 is 11.8 Å². The first-order chi connectivity index (χ1) is 10.1. The van der Waals surface area contributed by atoms with Gasteiger partial charge in [-0.1, -0.05) is 24.0 Å². The van der Waals surface area contributed by atoms with E-state index >= 15 is 0 Å². The van der Waals surface area contributed by atoms with Crippen LogP contribution in [0.15, 0.2) is 24.3 Å². The van der Waals surface area contributed by atoms with Gasteiger partial charge in [0.1, 0.15) is 0 Å². The molecular formula is C16H18N2O3. The average Bonchev–Trinajstić information content (AvgIpc) is 2.46. The summed E-state index contributed by atoms with van der Waals surface area (Å²) < 4.78 is 0. The van der Waals surface area contributed by atoms with E-state index in [0.29, 0.717) is 13.0 Å². The van der Waals surface area contributed by atoms with E-state index in [1.165, 1.54) is 0 Å². The van der Waals surface area contributed by atoms with Gasteiger partial charge in [-0.2, -0.15) is 0 Å². The Bertz CT molecular complexity index is 584. The number of rotatable bonds is 3. The third-order valence-electron chi connectivity index (χ3n) is 3.35. The maximum absolute atomic E-state index is 11.6. The molecule has 0 radical (unpaired) electrons. The fourth-order valence-electron chi connectivity index (χ4n) is 2.11. The third-order valence-corrected chi connectivity index (χ3v) is 3.35. The lowest BCUT2D eigenvalue weighted by Gasteiger charge is -2.31. The summed E-state index contributed by atoms with van der Waals surface area (Å²) in [6, 6.07) is 7.36. The van der Waals surface area contributed by atoms with Crippen molar-refractivity contribution < 1.29 is 14.7 Å². The van der Waals surface area contributed by atoms with E-state index in [-0.39, 0.29) is 31.0 Å². The van der Waals surface area contributed by atoms with Crippen molar-refractivity contribution in [1.82, 2.24) is 10.2 Å². The Morgan fingerprint density at radius 1 is 1.33 bits per heavy atom. The van der Waals surface area contributed by atoms with Crippen LogP contribution in [0.25, 0.3) is 0 Å². The molecule has 0 spiro atoms. The summed E-state index contributed by atoms with van der Waals surface area (Å²) in [7, 11) is 0. The molecule has 1 aliphatic heterocycles. The Labute approximate surface area is 124 Å². The van der Waals surface area contributed by atoms with Crippen molar-refractivity contribution in [2.45, 2.75) is 25.9 Å². The van der Waals surface area contributed by atoms with Crippen LogP contribution in [0.3, 0.4) is 0 Å². The Kier molecular flexibility index (Phi) is 5.09. The summed E-state index contributed by atoms with van der Waals surface area (Å²) in [4.78, 5) is 24.8. The van der Waals surface area contributed by atoms with Crippen LogP contribution in [-0.4, -0.2) is 41.0 Å². The highest BCUT2D eigenvalue weighted by Crippen LogP contribution is 2.12. The van der Waals surface area contributed by atoms with Gasteiger partial charge in [0, 0.05) is 18.5 Å². The first-order valence-electron chi connectivity index (χ1n) is 6.86. The minimum absolute atomic E-state index is 0.0635. The number of carbonyl (C=O) groups excluding carboxylic acids is 2. The van der Waals surface area contributed by atoms with Crippen LogP contribution in [0.1, 0.15) is 24.5 Å². The monoisotopic (exact) mass is 286 g/mol. The quantitative estimate of drug-likeness (QED) is 0.618. The second kappa shape index (κ2) is 7.02. The maximum Gasteiger partial charge on any atom is 0.243 e. The number of imide groups is 1. The molecule has 1 atom stereocenters. The lowest BCUT2D eigenvalue weighted by atomic mass is 10.1. The molecule has 5 nitrogen and oxygen atoms in total. The van der Waals surface area contributed by atoms with E-state index in [2.05, 4.69) is 17.2 Å². The topological polar surface area (TPSA) is 69.6 Å². The van der Waals surface area contributed by atoms with Gasteiger partial charge in [0.25, 0.3) is 0 Å². The molecule has 1 saturated heterocycles. The van der Waals surface area contributed by atoms with Gasteiger partial charge in [0.05, 0.1) is 19.2 Å². The largest absolute Gasteiger partial charge is 0.395 e. The molecule has 1 aromatic rings. The van der Waals surface area contributed by atoms with Crippen LogP contribution in [0.4, 0.5) is 0 Å². The lowest BCUT2D eigenvalue weighted by molar-refractivity contribution is -0.139. The standard InChI is InChI=1S/C16H18N2O3/c1-12-16(21)17-15(20)11-18(12)10-14-7-5-13(6-8-14)4-2-3-9-19/h5-8,12,19H,3,9-11H2,1H3,(H,17,20,21). The van der Waals surface area contributed by atoms with Crippen molar-refractivity contribution in [1.29, 1.82) is 0 Å². The zero-order valence-corrected chi connectivity index (χ0v) is 11.9. The highest BCUT2D eigenvalue weighted by atomic mass is 16.2. The molecule has 1 heterocycles. The Morgan fingerprint density at radius 3 is 2.71 bits per heavy atom. The minimum Gasteiger partial charge on any atom is -0.395 e. The molecule has 0 bridgehead atoms. The van der Waals surface area contributed by atoms with E-state index in [1.807, 2.05) is 29.2 Å². The number of hydrogen-bond acceptors (Lipinski definition) is 4. The molecular weight excluding hydrogens is 268 g/mol. The highest BCUT2D eigenvalue weighted by molar-refractivity contribution is 6.00. The molecule has 1 unspecified atom stereocenters. The van der Waals surface area contributed by atoms with E-state index in [4.69, 9.17) is 5.11 Å². The van der Waals surface area contributed by atoms with Crippen molar-refractivity contribution in [3.05, 3.63) is 35.4 Å². The van der Waals surface area contributed by atoms with Crippen molar-refractivity contribution in [3.63, 3.8) is 0 Å². The first-order valence-corrected chi connectivity index (χ1v) is 6.86. The molecule has 1 aromatic carbocycles. The molecule has 0 saturated carbocycles. The van der Waals surface area contributed by atoms with Crippen LogP contribution >= 0.6 is 0 Å². The number of piperazine rings is 1. The van der Waals surface area contributed by atoms with E-state index in [1.54, 1.807) is 6.92 Å². The number of amides is 2. The van der Waals surface area contributed by atoms with Crippen LogP contribution < -0.4 is 5.32 Å². The molecule has 110 valence electrons. The van der Waals surface area contributed by atoms with E-state index in [0.717, 1.165) is 11.1 Å². The predicted octanol–water partition coefficient (Wildman–Crippen LogP) is 0.267. The molecule has 21 heavy (non-hydrogen) atoms. The van der Waals surface area contributed by atoms with Crippen LogP contribution in [-0.2, 0) is 16.1 Å². The number of hydrogen-bond donors (Lipinski definition) is 2. The van der Waals surface area contributed by atoms with Crippen LogP contribution in [0, 0.1) is 11.8 Å². The molecule has 2 rings (SSSR count). The van der Waals surface area contributed by atoms with E-state index in [9.17, 15) is 9.59 Å². The second-order valence-corrected chi connectivity index (χ2v) is 4.97. The van der Waals surface area contributed by atoms with E-state index < -0.39 is 0 Å². The molecule has 1 fully saturated rings. The van der Waals surface area contributed by atoms with Gasteiger partial charge >= 0.3 is 0 Å². The Hall–Kier alpha value is -2.16. The zero-order chi connectivity index (χ0) is 15.2. The number of nitrogens with zero attached hydrogens (tertiary/aromatic N) is 1. The van der Waals surface area contributed by atoms with Gasteiger partial charge in [0.15, 0.2) is 0 Å². The summed E-state index contributed by atoms with van der Waals surface area (Å²) in [5, 5.41) is 11.0. The van der Waals surface area contributed by atoms with Crippen molar-refractivity contribution in [3.8, 4) is 11.8 Å². The summed E-state index contributed by atoms with van der Waals surface area (Å²) in [6.07, 6.45) is 0.463. The first kappa shape index (κ1) is 15.2. The van der Waals surface area contributed by atoms with Gasteiger partial charge in [-0.25, -0.2) is 0 Å². The Morgan fingerprint density at radius 2 is 2.05 bits per heavy atom. The number of benzene rings is 1. The molecule has 1 aliphatic rings. The summed E-state index contributed by atoms with van der Waals surface area (Å²) in [5.41, 5.74) is 1.91. The van der Waals surface area contributed by atoms with Crippen LogP contribution in [0.2, 0.25) is 0 Å². The number of aliphatic hydroxyl groups excluding tert-OH is 1. The molecule has 0 aromatic heterocycles. The Balaban J connectivity index is 2.01. The maximum atomic E-state index is 11.6. The number of nitrogens with one attached hydrogen (secondary N) is 1. The molecule has 5 heteroatoms. The SMILES string of the molecule is CC1C(=O)NC(=O)CN1Cc1ccc(C#CCCO)cc1. The minimum atomic E-state index is -0.313. The second-order valence-electron chi connectivity index (χ2n) is 4.97.